The Bertz CT molecular complexity index is 299. The molecule has 2 rings (SSSR count). The molecule has 1 aliphatic heterocycles. The van der Waals surface area contributed by atoms with Gasteiger partial charge in [0.1, 0.15) is 0 Å². The molecule has 0 N–H and O–H groups in total. The van der Waals surface area contributed by atoms with Gasteiger partial charge in [-0.3, -0.25) is 4.90 Å². The maximum Gasteiger partial charge on any atom is 0.0409 e. The third-order valence-electron chi connectivity index (χ3n) is 2.40. The lowest BCUT2D eigenvalue weighted by molar-refractivity contribution is 0.301. The van der Waals surface area contributed by atoms with E-state index in [0.29, 0.717) is 0 Å². The number of fused-ring (bicyclic) bond motifs is 1. The highest BCUT2D eigenvalue weighted by Crippen LogP contribution is 2.24. The minimum absolute atomic E-state index is 0. The van der Waals surface area contributed by atoms with E-state index < -0.39 is 0 Å². The van der Waals surface area contributed by atoms with Crippen LogP contribution in [-0.4, -0.2) is 11.4 Å². The molecule has 0 saturated carbocycles. The van der Waals surface area contributed by atoms with Crippen LogP contribution in [0.1, 0.15) is 18.1 Å². The lowest BCUT2D eigenvalue weighted by Gasteiger charge is -2.09. The molecule has 0 amide bonds. The van der Waals surface area contributed by atoms with Crippen LogP contribution >= 0.6 is 24.0 Å². The first kappa shape index (κ1) is 10.8. The highest BCUT2D eigenvalue weighted by atomic mass is 35.5. The summed E-state index contributed by atoms with van der Waals surface area (Å²) in [6.07, 6.45) is 0. The van der Waals surface area contributed by atoms with Crippen molar-refractivity contribution in [3.05, 3.63) is 34.3 Å². The third kappa shape index (κ3) is 2.16. The number of hydrogen-bond donors (Lipinski definition) is 0. The second kappa shape index (κ2) is 4.32. The summed E-state index contributed by atoms with van der Waals surface area (Å²) in [5.41, 5.74) is 2.82. The third-order valence-corrected chi connectivity index (χ3v) is 2.64. The molecule has 0 bridgehead atoms. The van der Waals surface area contributed by atoms with E-state index in [9.17, 15) is 0 Å². The van der Waals surface area contributed by atoms with Gasteiger partial charge in [0.05, 0.1) is 0 Å². The zero-order valence-corrected chi connectivity index (χ0v) is 9.16. The average Bonchev–Trinajstić information content (AvgIpc) is 2.46. The highest BCUT2D eigenvalue weighted by Gasteiger charge is 2.16. The Kier molecular flexibility index (Phi) is 3.60. The van der Waals surface area contributed by atoms with Crippen LogP contribution in [0, 0.1) is 0 Å². The van der Waals surface area contributed by atoms with E-state index in [2.05, 4.69) is 24.0 Å². The van der Waals surface area contributed by atoms with E-state index in [-0.39, 0.29) is 12.4 Å². The molecule has 1 nitrogen and oxygen atoms in total. The molecule has 0 spiro atoms. The summed E-state index contributed by atoms with van der Waals surface area (Å²) in [5.74, 6) is 0. The van der Waals surface area contributed by atoms with E-state index in [1.807, 2.05) is 6.07 Å². The molecule has 0 radical (unpaired) electrons. The molecule has 0 aromatic heterocycles. The SMILES string of the molecule is CCN1Cc2ccc(Cl)cc2C1.Cl. The molecule has 72 valence electrons. The van der Waals surface area contributed by atoms with E-state index in [1.165, 1.54) is 11.1 Å². The van der Waals surface area contributed by atoms with Crippen LogP contribution in [0.2, 0.25) is 5.02 Å². The Balaban J connectivity index is 0.000000845. The van der Waals surface area contributed by atoms with Gasteiger partial charge in [-0.25, -0.2) is 0 Å². The van der Waals surface area contributed by atoms with Gasteiger partial charge in [-0.2, -0.15) is 0 Å². The standard InChI is InChI=1S/C10H12ClN.ClH/c1-2-12-6-8-3-4-10(11)5-9(8)7-12;/h3-5H,2,6-7H2,1H3;1H. The Morgan fingerprint density at radius 3 is 2.69 bits per heavy atom. The lowest BCUT2D eigenvalue weighted by Crippen LogP contribution is -2.14. The summed E-state index contributed by atoms with van der Waals surface area (Å²) in [5, 5.41) is 0.853. The van der Waals surface area contributed by atoms with E-state index >= 15 is 0 Å². The second-order valence-electron chi connectivity index (χ2n) is 3.22. The molecule has 1 aliphatic rings. The van der Waals surface area contributed by atoms with Crippen molar-refractivity contribution in [3.8, 4) is 0 Å². The molecule has 0 atom stereocenters. The maximum atomic E-state index is 5.90. The topological polar surface area (TPSA) is 3.24 Å². The zero-order chi connectivity index (χ0) is 8.55. The summed E-state index contributed by atoms with van der Waals surface area (Å²) < 4.78 is 0. The van der Waals surface area contributed by atoms with Crippen molar-refractivity contribution >= 4 is 24.0 Å². The number of rotatable bonds is 1. The van der Waals surface area contributed by atoms with Gasteiger partial charge in [-0.1, -0.05) is 24.6 Å². The minimum Gasteiger partial charge on any atom is -0.295 e. The number of nitrogens with zero attached hydrogens (tertiary/aromatic N) is 1. The molecular weight excluding hydrogens is 205 g/mol. The van der Waals surface area contributed by atoms with Gasteiger partial charge < -0.3 is 0 Å². The van der Waals surface area contributed by atoms with E-state index in [4.69, 9.17) is 11.6 Å². The van der Waals surface area contributed by atoms with Gasteiger partial charge in [0.15, 0.2) is 0 Å². The van der Waals surface area contributed by atoms with Gasteiger partial charge in [0, 0.05) is 18.1 Å². The number of hydrogen-bond acceptors (Lipinski definition) is 1. The summed E-state index contributed by atoms with van der Waals surface area (Å²) in [6.45, 7) is 5.45. The molecule has 0 fully saturated rings. The van der Waals surface area contributed by atoms with Crippen molar-refractivity contribution in [2.75, 3.05) is 6.54 Å². The molecule has 1 heterocycles. The van der Waals surface area contributed by atoms with Crippen molar-refractivity contribution < 1.29 is 0 Å². The minimum atomic E-state index is 0. The predicted molar refractivity (Wildman–Crippen MR) is 58.5 cm³/mol. The van der Waals surface area contributed by atoms with E-state index in [1.54, 1.807) is 0 Å². The van der Waals surface area contributed by atoms with Crippen LogP contribution in [0.5, 0.6) is 0 Å². The second-order valence-corrected chi connectivity index (χ2v) is 3.65. The fraction of sp³-hybridized carbons (Fsp3) is 0.400. The van der Waals surface area contributed by atoms with Crippen LogP contribution < -0.4 is 0 Å². The van der Waals surface area contributed by atoms with Gasteiger partial charge in [0.25, 0.3) is 0 Å². The van der Waals surface area contributed by atoms with E-state index in [0.717, 1.165) is 24.7 Å². The van der Waals surface area contributed by atoms with Crippen LogP contribution in [0.25, 0.3) is 0 Å². The van der Waals surface area contributed by atoms with Crippen LogP contribution in [-0.2, 0) is 13.1 Å². The fourth-order valence-corrected chi connectivity index (χ4v) is 1.85. The maximum absolute atomic E-state index is 5.90. The molecular formula is C10H13Cl2N. The van der Waals surface area contributed by atoms with Crippen molar-refractivity contribution in [2.24, 2.45) is 0 Å². The Hall–Kier alpha value is -0.240. The number of halogens is 2. The monoisotopic (exact) mass is 217 g/mol. The average molecular weight is 218 g/mol. The number of benzene rings is 1. The van der Waals surface area contributed by atoms with Crippen molar-refractivity contribution in [3.63, 3.8) is 0 Å². The molecule has 13 heavy (non-hydrogen) atoms. The lowest BCUT2D eigenvalue weighted by atomic mass is 10.1. The first-order valence-electron chi connectivity index (χ1n) is 4.29. The first-order valence-corrected chi connectivity index (χ1v) is 4.67. The Morgan fingerprint density at radius 2 is 2.00 bits per heavy atom. The van der Waals surface area contributed by atoms with Gasteiger partial charge in [0.2, 0.25) is 0 Å². The molecule has 3 heteroatoms. The van der Waals surface area contributed by atoms with Crippen molar-refractivity contribution in [1.82, 2.24) is 4.90 Å². The molecule has 1 aromatic carbocycles. The predicted octanol–water partition coefficient (Wildman–Crippen LogP) is 3.10. The summed E-state index contributed by atoms with van der Waals surface area (Å²) in [4.78, 5) is 2.40. The Morgan fingerprint density at radius 1 is 1.31 bits per heavy atom. The van der Waals surface area contributed by atoms with Gasteiger partial charge in [-0.15, -0.1) is 12.4 Å². The van der Waals surface area contributed by atoms with Crippen molar-refractivity contribution in [1.29, 1.82) is 0 Å². The summed E-state index contributed by atoms with van der Waals surface area (Å²) >= 11 is 5.90. The van der Waals surface area contributed by atoms with Crippen molar-refractivity contribution in [2.45, 2.75) is 20.0 Å². The molecule has 0 saturated heterocycles. The fourth-order valence-electron chi connectivity index (χ4n) is 1.66. The van der Waals surface area contributed by atoms with Gasteiger partial charge >= 0.3 is 0 Å². The smallest absolute Gasteiger partial charge is 0.0409 e. The van der Waals surface area contributed by atoms with Crippen LogP contribution in [0.15, 0.2) is 18.2 Å². The molecule has 0 aliphatic carbocycles. The quantitative estimate of drug-likeness (QED) is 0.700. The summed E-state index contributed by atoms with van der Waals surface area (Å²) in [7, 11) is 0. The summed E-state index contributed by atoms with van der Waals surface area (Å²) in [6, 6.07) is 6.18. The Labute approximate surface area is 90.1 Å². The first-order chi connectivity index (χ1) is 5.79. The normalized spacial score (nSPS) is 15.2. The van der Waals surface area contributed by atoms with Crippen LogP contribution in [0.3, 0.4) is 0 Å². The molecule has 0 unspecified atom stereocenters. The largest absolute Gasteiger partial charge is 0.295 e. The molecule has 1 aromatic rings. The van der Waals surface area contributed by atoms with Gasteiger partial charge in [-0.05, 0) is 29.8 Å². The zero-order valence-electron chi connectivity index (χ0n) is 7.59. The highest BCUT2D eigenvalue weighted by molar-refractivity contribution is 6.30. The van der Waals surface area contributed by atoms with Crippen LogP contribution in [0.4, 0.5) is 0 Å².